The molecule has 0 aromatic carbocycles. The molecule has 5 heteroatoms. The SMILES string of the molecule is CC(CN1CCC[C@H](CC(F)F)C1)[C@H]1CC[C@H]2/C(=C/C=C3C[C@@H](O)C[C@H](O)C3)CCC[C@]12C. The van der Waals surface area contributed by atoms with Gasteiger partial charge in [-0.1, -0.05) is 37.1 Å². The van der Waals surface area contributed by atoms with E-state index in [0.717, 1.165) is 38.9 Å². The Balaban J connectivity index is 1.40. The second-order valence-electron chi connectivity index (χ2n) is 12.0. The van der Waals surface area contributed by atoms with Gasteiger partial charge in [0, 0.05) is 19.5 Å². The highest BCUT2D eigenvalue weighted by Gasteiger charge is 2.50. The van der Waals surface area contributed by atoms with E-state index < -0.39 is 18.6 Å². The van der Waals surface area contributed by atoms with Crippen molar-refractivity contribution >= 4 is 0 Å². The van der Waals surface area contributed by atoms with Crippen LogP contribution in [0.15, 0.2) is 23.3 Å². The molecule has 1 heterocycles. The predicted octanol–water partition coefficient (Wildman–Crippen LogP) is 5.96. The van der Waals surface area contributed by atoms with Gasteiger partial charge in [0.1, 0.15) is 0 Å². The summed E-state index contributed by atoms with van der Waals surface area (Å²) < 4.78 is 25.8. The molecule has 33 heavy (non-hydrogen) atoms. The molecule has 4 fully saturated rings. The zero-order valence-corrected chi connectivity index (χ0v) is 20.7. The van der Waals surface area contributed by atoms with Crippen molar-refractivity contribution in [1.82, 2.24) is 4.90 Å². The van der Waals surface area contributed by atoms with Crippen LogP contribution in [-0.4, -0.2) is 53.4 Å². The van der Waals surface area contributed by atoms with Crippen molar-refractivity contribution in [2.45, 2.75) is 103 Å². The monoisotopic (exact) mass is 465 g/mol. The Morgan fingerprint density at radius 1 is 1.09 bits per heavy atom. The number of hydrogen-bond donors (Lipinski definition) is 2. The molecule has 0 bridgehead atoms. The number of aliphatic hydroxyl groups excluding tert-OH is 2. The van der Waals surface area contributed by atoms with E-state index in [0.29, 0.717) is 42.4 Å². The van der Waals surface area contributed by atoms with Crippen LogP contribution in [0.25, 0.3) is 0 Å². The molecule has 0 amide bonds. The molecule has 7 atom stereocenters. The van der Waals surface area contributed by atoms with Gasteiger partial charge in [-0.15, -0.1) is 0 Å². The maximum Gasteiger partial charge on any atom is 0.238 e. The van der Waals surface area contributed by atoms with Gasteiger partial charge < -0.3 is 15.1 Å². The van der Waals surface area contributed by atoms with E-state index in [1.54, 1.807) is 5.57 Å². The third-order valence-electron chi connectivity index (χ3n) is 9.46. The zero-order chi connectivity index (χ0) is 23.6. The normalized spacial score (nSPS) is 40.3. The Morgan fingerprint density at radius 2 is 1.85 bits per heavy atom. The van der Waals surface area contributed by atoms with Crippen molar-refractivity contribution in [2.75, 3.05) is 19.6 Å². The van der Waals surface area contributed by atoms with Crippen molar-refractivity contribution in [2.24, 2.45) is 29.1 Å². The minimum atomic E-state index is -2.18. The summed E-state index contributed by atoms with van der Waals surface area (Å²) in [5.41, 5.74) is 3.06. The van der Waals surface area contributed by atoms with Gasteiger partial charge >= 0.3 is 0 Å². The van der Waals surface area contributed by atoms with Crippen molar-refractivity contribution in [3.63, 3.8) is 0 Å². The van der Waals surface area contributed by atoms with Crippen LogP contribution in [0.4, 0.5) is 8.78 Å². The van der Waals surface area contributed by atoms with Crippen molar-refractivity contribution in [3.05, 3.63) is 23.3 Å². The number of aliphatic hydroxyl groups is 2. The fraction of sp³-hybridized carbons (Fsp3) is 0.857. The molecule has 0 aromatic rings. The molecule has 3 saturated carbocycles. The standard InChI is InChI=1S/C28H45F2NO2/c1-19(17-31-12-4-5-21(18-31)15-27(29)30)25-9-10-26-22(6-3-11-28(25,26)2)8-7-20-13-23(32)16-24(33)14-20/h7-8,19,21,23-27,32-33H,3-6,9-18H2,1-2H3/b22-8+/t19?,21-,23-,24-,25-,26+,28-/m1/s1. The summed E-state index contributed by atoms with van der Waals surface area (Å²) in [5, 5.41) is 20.0. The molecule has 0 aromatic heterocycles. The topological polar surface area (TPSA) is 43.7 Å². The maximum atomic E-state index is 12.9. The number of fused-ring (bicyclic) bond motifs is 1. The van der Waals surface area contributed by atoms with Crippen molar-refractivity contribution in [3.8, 4) is 0 Å². The quantitative estimate of drug-likeness (QED) is 0.508. The van der Waals surface area contributed by atoms with Crippen LogP contribution in [0.3, 0.4) is 0 Å². The molecular formula is C28H45F2NO2. The highest BCUT2D eigenvalue weighted by molar-refractivity contribution is 5.26. The van der Waals surface area contributed by atoms with Crippen LogP contribution in [-0.2, 0) is 0 Å². The van der Waals surface area contributed by atoms with Crippen molar-refractivity contribution < 1.29 is 19.0 Å². The van der Waals surface area contributed by atoms with E-state index >= 15 is 0 Å². The van der Waals surface area contributed by atoms with Gasteiger partial charge in [-0.25, -0.2) is 8.78 Å². The minimum absolute atomic E-state index is 0.0613. The first kappa shape index (κ1) is 25.3. The van der Waals surface area contributed by atoms with Crippen LogP contribution in [0, 0.1) is 29.1 Å². The van der Waals surface area contributed by atoms with Gasteiger partial charge in [-0.2, -0.15) is 0 Å². The third kappa shape index (κ3) is 6.08. The van der Waals surface area contributed by atoms with Gasteiger partial charge in [0.2, 0.25) is 6.43 Å². The van der Waals surface area contributed by atoms with Crippen LogP contribution in [0.5, 0.6) is 0 Å². The Labute approximate surface area is 199 Å². The molecule has 0 radical (unpaired) electrons. The van der Waals surface area contributed by atoms with Crippen LogP contribution in [0.1, 0.15) is 84.5 Å². The Morgan fingerprint density at radius 3 is 2.58 bits per heavy atom. The lowest BCUT2D eigenvalue weighted by Gasteiger charge is -2.45. The Hall–Kier alpha value is -0.780. The first-order valence-corrected chi connectivity index (χ1v) is 13.5. The largest absolute Gasteiger partial charge is 0.393 e. The number of halogens is 2. The first-order chi connectivity index (χ1) is 15.7. The number of hydrogen-bond acceptors (Lipinski definition) is 3. The lowest BCUT2D eigenvalue weighted by Crippen LogP contribution is -2.43. The summed E-state index contributed by atoms with van der Waals surface area (Å²) in [4.78, 5) is 2.47. The predicted molar refractivity (Wildman–Crippen MR) is 129 cm³/mol. The van der Waals surface area contributed by atoms with E-state index in [9.17, 15) is 19.0 Å². The van der Waals surface area contributed by atoms with Crippen LogP contribution >= 0.6 is 0 Å². The second kappa shape index (κ2) is 10.9. The molecule has 1 saturated heterocycles. The summed E-state index contributed by atoms with van der Waals surface area (Å²) in [6.45, 7) is 7.87. The number of allylic oxidation sites excluding steroid dienone is 3. The summed E-state index contributed by atoms with van der Waals surface area (Å²) in [7, 11) is 0. The minimum Gasteiger partial charge on any atom is -0.393 e. The average Bonchev–Trinajstić information content (AvgIpc) is 3.09. The summed E-state index contributed by atoms with van der Waals surface area (Å²) in [6.07, 6.45) is 11.6. The van der Waals surface area contributed by atoms with Gasteiger partial charge in [-0.3, -0.25) is 0 Å². The van der Waals surface area contributed by atoms with Crippen LogP contribution in [0.2, 0.25) is 0 Å². The van der Waals surface area contributed by atoms with E-state index in [4.69, 9.17) is 0 Å². The zero-order valence-electron chi connectivity index (χ0n) is 20.7. The fourth-order valence-electron chi connectivity index (χ4n) is 8.04. The number of likely N-dealkylation sites (tertiary alicyclic amines) is 1. The highest BCUT2D eigenvalue weighted by Crippen LogP contribution is 2.59. The molecule has 2 N–H and O–H groups in total. The summed E-state index contributed by atoms with van der Waals surface area (Å²) in [5.74, 6) is 2.06. The molecule has 4 rings (SSSR count). The van der Waals surface area contributed by atoms with Crippen molar-refractivity contribution in [1.29, 1.82) is 0 Å². The maximum absolute atomic E-state index is 12.9. The lowest BCUT2D eigenvalue weighted by molar-refractivity contribution is 0.0506. The van der Waals surface area contributed by atoms with Gasteiger partial charge in [0.25, 0.3) is 0 Å². The second-order valence-corrected chi connectivity index (χ2v) is 12.0. The molecule has 3 aliphatic carbocycles. The molecular weight excluding hydrogens is 420 g/mol. The summed E-state index contributed by atoms with van der Waals surface area (Å²) >= 11 is 0. The van der Waals surface area contributed by atoms with Gasteiger partial charge in [0.15, 0.2) is 0 Å². The molecule has 3 nitrogen and oxygen atoms in total. The smallest absolute Gasteiger partial charge is 0.238 e. The number of piperidine rings is 1. The first-order valence-electron chi connectivity index (χ1n) is 13.5. The van der Waals surface area contributed by atoms with E-state index in [-0.39, 0.29) is 12.3 Å². The molecule has 0 spiro atoms. The van der Waals surface area contributed by atoms with Gasteiger partial charge in [-0.05, 0) is 99.8 Å². The van der Waals surface area contributed by atoms with Crippen LogP contribution < -0.4 is 0 Å². The lowest BCUT2D eigenvalue weighted by atomic mass is 9.61. The number of rotatable bonds is 6. The Bertz CT molecular complexity index is 711. The highest BCUT2D eigenvalue weighted by atomic mass is 19.3. The average molecular weight is 466 g/mol. The Kier molecular flexibility index (Phi) is 8.34. The number of alkyl halides is 2. The van der Waals surface area contributed by atoms with E-state index in [1.807, 2.05) is 0 Å². The molecule has 1 unspecified atom stereocenters. The summed E-state index contributed by atoms with van der Waals surface area (Å²) in [6, 6.07) is 0. The van der Waals surface area contributed by atoms with E-state index in [2.05, 4.69) is 30.9 Å². The van der Waals surface area contributed by atoms with Gasteiger partial charge in [0.05, 0.1) is 12.2 Å². The fourth-order valence-corrected chi connectivity index (χ4v) is 8.04. The number of nitrogens with zero attached hydrogens (tertiary/aromatic N) is 1. The third-order valence-corrected chi connectivity index (χ3v) is 9.46. The van der Waals surface area contributed by atoms with E-state index in [1.165, 1.54) is 31.3 Å². The molecule has 4 aliphatic rings. The molecule has 188 valence electrons. The molecule has 1 aliphatic heterocycles.